The maximum atomic E-state index is 14.5. The molecular formula is C94H116F4N32O8. The number of ether oxygens (including phenoxy) is 4. The molecule has 6 fully saturated rings. The number of aliphatic hydroxyl groups is 4. The lowest BCUT2D eigenvalue weighted by Crippen LogP contribution is -2.41. The normalized spacial score (nSPS) is 20.5. The maximum Gasteiger partial charge on any atom is 0.223 e. The third-order valence-corrected chi connectivity index (χ3v) is 27.3. The number of rotatable bonds is 20. The molecule has 0 spiro atoms. The monoisotopic (exact) mass is 1900 g/mol. The van der Waals surface area contributed by atoms with Crippen molar-refractivity contribution in [3.63, 3.8) is 0 Å². The van der Waals surface area contributed by atoms with Gasteiger partial charge in [0, 0.05) is 133 Å². The first-order valence-corrected chi connectivity index (χ1v) is 46.5. The van der Waals surface area contributed by atoms with E-state index < -0.39 is 45.7 Å². The van der Waals surface area contributed by atoms with Gasteiger partial charge >= 0.3 is 0 Å². The van der Waals surface area contributed by atoms with E-state index in [2.05, 4.69) is 108 Å². The molecule has 22 rings (SSSR count). The van der Waals surface area contributed by atoms with Crippen LogP contribution in [-0.4, -0.2) is 240 Å². The van der Waals surface area contributed by atoms with Crippen molar-refractivity contribution < 1.29 is 56.9 Å². The summed E-state index contributed by atoms with van der Waals surface area (Å²) < 4.78 is 91.4. The van der Waals surface area contributed by atoms with Gasteiger partial charge in [0.05, 0.1) is 158 Å². The second kappa shape index (κ2) is 35.9. The highest BCUT2D eigenvalue weighted by molar-refractivity contribution is 5.96. The lowest BCUT2D eigenvalue weighted by Gasteiger charge is -2.37. The fourth-order valence-electron chi connectivity index (χ4n) is 19.7. The number of nitrogen functional groups attached to an aromatic ring is 4. The Hall–Kier alpha value is -13.9. The smallest absolute Gasteiger partial charge is 0.223 e. The SMILES string of the molecule is COc1cc2nc(N)n3nc([C@@H]4CC[C@H](C)N(c5cnn(CC6(O)CC6)c5)C4)nc3c2cc1F.COc1cc2nc(N)n3nc([C@@H]4C[C@H](C)CN(c5cnn(CC(C)(C)O)c5C)C4)nc3c2cc1F.COc1cc2nc(N)n3nc([C@H]4CC[C@@H](C)N(c5cnn(CC6(O)CC6)c5)C4)nc3c2cc1F.COc1cc2nc(N)n3nc([C@H]4C[C@@H](C)CN(c5cnn(CC(C)(C)O)c5C)C4)nc3c2cc1F. The quantitative estimate of drug-likeness (QED) is 0.0329. The molecule has 12 aromatic heterocycles. The van der Waals surface area contributed by atoms with Gasteiger partial charge in [-0.3, -0.25) is 18.7 Å². The maximum absolute atomic E-state index is 14.5. The van der Waals surface area contributed by atoms with Crippen LogP contribution in [0.2, 0.25) is 0 Å². The molecular weight excluding hydrogens is 1780 g/mol. The number of halogens is 4. The summed E-state index contributed by atoms with van der Waals surface area (Å²) in [5.41, 5.74) is 31.9. The summed E-state index contributed by atoms with van der Waals surface area (Å²) in [6.45, 7) is 26.5. The lowest BCUT2D eigenvalue weighted by molar-refractivity contribution is 0.0564. The van der Waals surface area contributed by atoms with E-state index in [1.807, 2.05) is 69.8 Å². The molecule has 728 valence electrons. The highest BCUT2D eigenvalue weighted by Crippen LogP contribution is 2.44. The first-order chi connectivity index (χ1) is 65.7. The molecule has 2 saturated carbocycles. The van der Waals surface area contributed by atoms with Gasteiger partial charge in [0.1, 0.15) is 0 Å². The van der Waals surface area contributed by atoms with Gasteiger partial charge in [-0.1, -0.05) is 13.8 Å². The molecule has 12 N–H and O–H groups in total. The Morgan fingerprint density at radius 3 is 0.978 bits per heavy atom. The minimum absolute atomic E-state index is 0.0493. The molecule has 8 atom stereocenters. The van der Waals surface area contributed by atoms with Crippen molar-refractivity contribution in [3.05, 3.63) is 144 Å². The number of benzene rings is 4. The van der Waals surface area contributed by atoms with Crippen LogP contribution >= 0.6 is 0 Å². The zero-order valence-electron chi connectivity index (χ0n) is 79.6. The predicted octanol–water partition coefficient (Wildman–Crippen LogP) is 10.8. The van der Waals surface area contributed by atoms with Crippen molar-refractivity contribution in [2.24, 2.45) is 11.8 Å². The zero-order chi connectivity index (χ0) is 97.4. The Morgan fingerprint density at radius 1 is 0.399 bits per heavy atom. The fraction of sp³-hybridized carbons (Fsp3) is 0.489. The third-order valence-electron chi connectivity index (χ3n) is 27.3. The first-order valence-electron chi connectivity index (χ1n) is 46.5. The van der Waals surface area contributed by atoms with Gasteiger partial charge in [-0.2, -0.15) is 38.5 Å². The summed E-state index contributed by atoms with van der Waals surface area (Å²) in [5.74, 6) is 2.87. The Kier molecular flexibility index (Phi) is 24.2. The summed E-state index contributed by atoms with van der Waals surface area (Å²) in [7, 11) is 5.64. The number of methoxy groups -OCH3 is 4. The van der Waals surface area contributed by atoms with E-state index in [0.29, 0.717) is 153 Å². The predicted molar refractivity (Wildman–Crippen MR) is 511 cm³/mol. The average molecular weight is 1900 g/mol. The largest absolute Gasteiger partial charge is 0.494 e. The molecule has 0 unspecified atom stereocenters. The van der Waals surface area contributed by atoms with Gasteiger partial charge in [-0.25, -0.2) is 57.4 Å². The number of hydrogen-bond donors (Lipinski definition) is 8. The minimum atomic E-state index is -0.855. The van der Waals surface area contributed by atoms with Gasteiger partial charge in [0.2, 0.25) is 23.8 Å². The Labute approximate surface area is 789 Å². The standard InChI is InChI=1S/2C24H31FN8O2.2C23H27FN8O2/c2*1-13-6-15(11-31(10-13)19-9-27-32(14(19)2)12-24(3,4)34)21-29-22-16-7-17(25)20(35-5)8-18(16)28-23(26)33(22)30-21;2*1-13-3-4-14(10-31(13)15-9-26-30(11-15)12-23(33)5-6-23)20-28-21-16-7-17(24)19(34-2)8-18(16)27-22(25)32(21)29-20/h2*7-9,13,15,34H,6,10-12H2,1-5H3,(H2,26,28);2*7-9,11,13-14,33H,3-6,10,12H2,1-2H3,(H2,25,27)/t2*13-,15+;2*13-,14+/m1010/s1. The van der Waals surface area contributed by atoms with E-state index in [4.69, 9.17) is 61.8 Å². The van der Waals surface area contributed by atoms with E-state index in [1.165, 1.54) is 95.0 Å². The molecule has 0 bridgehead atoms. The summed E-state index contributed by atoms with van der Waals surface area (Å²) in [6.07, 6.45) is 20.3. The van der Waals surface area contributed by atoms with Gasteiger partial charge < -0.3 is 81.9 Å². The summed E-state index contributed by atoms with van der Waals surface area (Å²) >= 11 is 0. The van der Waals surface area contributed by atoms with Crippen LogP contribution in [0.15, 0.2) is 85.7 Å². The van der Waals surface area contributed by atoms with Crippen LogP contribution < -0.4 is 61.5 Å². The Morgan fingerprint density at radius 2 is 0.696 bits per heavy atom. The first kappa shape index (κ1) is 93.2. The molecule has 6 aliphatic rings. The number of aromatic nitrogens is 24. The van der Waals surface area contributed by atoms with Crippen LogP contribution in [-0.2, 0) is 26.2 Å². The van der Waals surface area contributed by atoms with Crippen LogP contribution in [0.25, 0.3) is 66.2 Å². The molecule has 40 nitrogen and oxygen atoms in total. The Balaban J connectivity index is 0.000000118. The van der Waals surface area contributed by atoms with Crippen LogP contribution in [0.4, 0.5) is 64.1 Å². The van der Waals surface area contributed by atoms with E-state index in [9.17, 15) is 38.0 Å². The zero-order valence-corrected chi connectivity index (χ0v) is 79.6. The van der Waals surface area contributed by atoms with E-state index in [1.54, 1.807) is 27.7 Å². The molecule has 0 amide bonds. The molecule has 0 radical (unpaired) electrons. The van der Waals surface area contributed by atoms with Crippen molar-refractivity contribution in [2.75, 3.05) is 110 Å². The van der Waals surface area contributed by atoms with E-state index in [0.717, 1.165) is 125 Å². The molecule has 2 aliphatic carbocycles. The topological polar surface area (TPSA) is 478 Å². The Bertz CT molecular complexity index is 6880. The molecule has 4 saturated heterocycles. The highest BCUT2D eigenvalue weighted by Gasteiger charge is 2.44. The highest BCUT2D eigenvalue weighted by atomic mass is 19.1. The number of anilines is 8. The summed E-state index contributed by atoms with van der Waals surface area (Å²) in [5, 5.41) is 79.6. The number of nitrogens with zero attached hydrogens (tertiary/aromatic N) is 28. The average Bonchev–Trinajstić information content (AvgIpc) is 1.58. The number of hydrogen-bond acceptors (Lipinski definition) is 32. The van der Waals surface area contributed by atoms with Gasteiger partial charge in [0.15, 0.2) is 92.2 Å². The van der Waals surface area contributed by atoms with Crippen molar-refractivity contribution >= 4 is 113 Å². The van der Waals surface area contributed by atoms with Crippen molar-refractivity contribution in [3.8, 4) is 23.0 Å². The van der Waals surface area contributed by atoms with Gasteiger partial charge in [-0.05, 0) is 156 Å². The van der Waals surface area contributed by atoms with Crippen LogP contribution in [0.5, 0.6) is 23.0 Å². The van der Waals surface area contributed by atoms with Crippen molar-refractivity contribution in [1.29, 1.82) is 0 Å². The summed E-state index contributed by atoms with van der Waals surface area (Å²) in [4.78, 5) is 45.9. The fourth-order valence-corrected chi connectivity index (χ4v) is 19.7. The van der Waals surface area contributed by atoms with Gasteiger partial charge in [-0.15, -0.1) is 20.4 Å². The second-order valence-electron chi connectivity index (χ2n) is 39.6. The van der Waals surface area contributed by atoms with Crippen molar-refractivity contribution in [1.82, 2.24) is 117 Å². The van der Waals surface area contributed by atoms with Gasteiger partial charge in [0.25, 0.3) is 0 Å². The number of fused-ring (bicyclic) bond motifs is 12. The molecule has 16 heterocycles. The van der Waals surface area contributed by atoms with Crippen LogP contribution in [0, 0.1) is 49.0 Å². The molecule has 44 heteroatoms. The third kappa shape index (κ3) is 18.6. The van der Waals surface area contributed by atoms with E-state index >= 15 is 0 Å². The summed E-state index contributed by atoms with van der Waals surface area (Å²) in [6, 6.07) is 12.2. The van der Waals surface area contributed by atoms with Crippen LogP contribution in [0.3, 0.4) is 0 Å². The lowest BCUT2D eigenvalue weighted by atomic mass is 9.89. The number of piperidine rings is 4. The van der Waals surface area contributed by atoms with E-state index in [-0.39, 0.29) is 70.5 Å². The molecule has 4 aromatic carbocycles. The molecule has 4 aliphatic heterocycles. The minimum Gasteiger partial charge on any atom is -0.494 e. The van der Waals surface area contributed by atoms with Crippen LogP contribution in [0.1, 0.15) is 178 Å². The second-order valence-corrected chi connectivity index (χ2v) is 39.6. The van der Waals surface area contributed by atoms with Crippen molar-refractivity contribution in [2.45, 2.75) is 218 Å². The molecule has 138 heavy (non-hydrogen) atoms. The molecule has 16 aromatic rings. The number of nitrogens with two attached hydrogens (primary N) is 4.